The van der Waals surface area contributed by atoms with Gasteiger partial charge in [-0.1, -0.05) is 5.16 Å². The van der Waals surface area contributed by atoms with Gasteiger partial charge in [0.05, 0.1) is 0 Å². The number of carbonyl (C=O) groups is 1. The summed E-state index contributed by atoms with van der Waals surface area (Å²) < 4.78 is 4.69. The number of halogens is 1. The minimum atomic E-state index is -0.0189. The molecule has 1 saturated heterocycles. The van der Waals surface area contributed by atoms with Crippen LogP contribution in [0.15, 0.2) is 16.9 Å². The number of aromatic nitrogens is 1. The molecular formula is C11H18ClN3O2. The van der Waals surface area contributed by atoms with Gasteiger partial charge in [-0.15, -0.1) is 12.4 Å². The Morgan fingerprint density at radius 3 is 3.18 bits per heavy atom. The van der Waals surface area contributed by atoms with Crippen molar-refractivity contribution in [1.82, 2.24) is 15.4 Å². The number of hydrogen-bond donors (Lipinski definition) is 1. The summed E-state index contributed by atoms with van der Waals surface area (Å²) in [5, 5.41) is 6.84. The number of nitrogens with zero attached hydrogens (tertiary/aromatic N) is 2. The molecular weight excluding hydrogens is 242 g/mol. The first-order valence-corrected chi connectivity index (χ1v) is 5.65. The molecule has 5 nitrogen and oxygen atoms in total. The number of nitrogens with one attached hydrogen (secondary N) is 1. The van der Waals surface area contributed by atoms with Gasteiger partial charge in [-0.3, -0.25) is 4.79 Å². The van der Waals surface area contributed by atoms with Crippen molar-refractivity contribution in [2.45, 2.75) is 12.8 Å². The normalized spacial score (nSPS) is 19.8. The highest BCUT2D eigenvalue weighted by atomic mass is 35.5. The van der Waals surface area contributed by atoms with E-state index < -0.39 is 0 Å². The summed E-state index contributed by atoms with van der Waals surface area (Å²) in [4.78, 5) is 13.9. The van der Waals surface area contributed by atoms with Crippen LogP contribution in [0.2, 0.25) is 0 Å². The first kappa shape index (κ1) is 14.0. The van der Waals surface area contributed by atoms with Crippen molar-refractivity contribution in [1.29, 1.82) is 0 Å². The number of carbonyl (C=O) groups excluding carboxylic acids is 1. The molecule has 0 saturated carbocycles. The van der Waals surface area contributed by atoms with Crippen molar-refractivity contribution >= 4 is 18.3 Å². The topological polar surface area (TPSA) is 58.4 Å². The number of piperidine rings is 1. The van der Waals surface area contributed by atoms with Crippen molar-refractivity contribution in [3.8, 4) is 0 Å². The first-order valence-electron chi connectivity index (χ1n) is 5.65. The second-order valence-electron chi connectivity index (χ2n) is 4.20. The lowest BCUT2D eigenvalue weighted by Gasteiger charge is -2.32. The summed E-state index contributed by atoms with van der Waals surface area (Å²) >= 11 is 0. The molecule has 1 N–H and O–H groups in total. The maximum absolute atomic E-state index is 12.0. The van der Waals surface area contributed by atoms with Gasteiger partial charge in [-0.2, -0.15) is 0 Å². The van der Waals surface area contributed by atoms with Gasteiger partial charge in [0.15, 0.2) is 5.69 Å². The molecule has 1 aromatic rings. The first-order chi connectivity index (χ1) is 7.81. The smallest absolute Gasteiger partial charge is 0.276 e. The Hall–Kier alpha value is -1.07. The van der Waals surface area contributed by atoms with Crippen LogP contribution in [-0.4, -0.2) is 42.6 Å². The molecule has 17 heavy (non-hydrogen) atoms. The van der Waals surface area contributed by atoms with E-state index in [2.05, 4.69) is 10.5 Å². The summed E-state index contributed by atoms with van der Waals surface area (Å²) in [7, 11) is 1.94. The minimum Gasteiger partial charge on any atom is -0.364 e. The van der Waals surface area contributed by atoms with E-state index in [9.17, 15) is 4.79 Å². The zero-order valence-electron chi connectivity index (χ0n) is 9.89. The third kappa shape index (κ3) is 3.44. The maximum atomic E-state index is 12.0. The van der Waals surface area contributed by atoms with Crippen molar-refractivity contribution in [2.75, 3.05) is 26.7 Å². The Kier molecular flexibility index (Phi) is 5.44. The van der Waals surface area contributed by atoms with Gasteiger partial charge >= 0.3 is 0 Å². The molecule has 6 heteroatoms. The van der Waals surface area contributed by atoms with Crippen molar-refractivity contribution in [3.05, 3.63) is 18.0 Å². The Bertz CT molecular complexity index is 340. The Morgan fingerprint density at radius 1 is 1.71 bits per heavy atom. The van der Waals surface area contributed by atoms with Crippen LogP contribution < -0.4 is 5.32 Å². The van der Waals surface area contributed by atoms with E-state index in [1.807, 2.05) is 11.9 Å². The minimum absolute atomic E-state index is 0. The van der Waals surface area contributed by atoms with E-state index in [1.54, 1.807) is 6.07 Å². The van der Waals surface area contributed by atoms with Crippen LogP contribution in [0, 0.1) is 5.92 Å². The van der Waals surface area contributed by atoms with E-state index in [1.165, 1.54) is 12.7 Å². The van der Waals surface area contributed by atoms with Gasteiger partial charge in [0, 0.05) is 19.2 Å². The van der Waals surface area contributed by atoms with E-state index >= 15 is 0 Å². The Balaban J connectivity index is 0.00000144. The summed E-state index contributed by atoms with van der Waals surface area (Å²) in [6.07, 6.45) is 3.68. The van der Waals surface area contributed by atoms with Crippen LogP contribution in [0.1, 0.15) is 23.3 Å². The quantitative estimate of drug-likeness (QED) is 0.885. The maximum Gasteiger partial charge on any atom is 0.276 e. The van der Waals surface area contributed by atoms with Crippen LogP contribution >= 0.6 is 12.4 Å². The SMILES string of the molecule is CNCC1CCCN(C(=O)c2ccon2)C1.Cl. The van der Waals surface area contributed by atoms with E-state index in [-0.39, 0.29) is 18.3 Å². The monoisotopic (exact) mass is 259 g/mol. The predicted molar refractivity (Wildman–Crippen MR) is 66.3 cm³/mol. The predicted octanol–water partition coefficient (Wildman–Crippen LogP) is 1.17. The highest BCUT2D eigenvalue weighted by Crippen LogP contribution is 2.17. The highest BCUT2D eigenvalue weighted by molar-refractivity contribution is 5.92. The fourth-order valence-corrected chi connectivity index (χ4v) is 2.19. The molecule has 0 aliphatic carbocycles. The third-order valence-corrected chi connectivity index (χ3v) is 2.96. The van der Waals surface area contributed by atoms with E-state index in [0.717, 1.165) is 26.1 Å². The van der Waals surface area contributed by atoms with Gasteiger partial charge in [-0.05, 0) is 32.4 Å². The molecule has 0 bridgehead atoms. The van der Waals surface area contributed by atoms with Crippen LogP contribution in [-0.2, 0) is 0 Å². The van der Waals surface area contributed by atoms with Gasteiger partial charge < -0.3 is 14.7 Å². The van der Waals surface area contributed by atoms with Gasteiger partial charge in [-0.25, -0.2) is 0 Å². The van der Waals surface area contributed by atoms with Gasteiger partial charge in [0.2, 0.25) is 0 Å². The van der Waals surface area contributed by atoms with Crippen LogP contribution in [0.25, 0.3) is 0 Å². The molecule has 1 fully saturated rings. The molecule has 0 spiro atoms. The van der Waals surface area contributed by atoms with Crippen LogP contribution in [0.4, 0.5) is 0 Å². The Morgan fingerprint density at radius 2 is 2.53 bits per heavy atom. The number of rotatable bonds is 3. The molecule has 0 aromatic carbocycles. The molecule has 1 aromatic heterocycles. The van der Waals surface area contributed by atoms with Crippen LogP contribution in [0.3, 0.4) is 0 Å². The second-order valence-corrected chi connectivity index (χ2v) is 4.20. The van der Waals surface area contributed by atoms with Crippen molar-refractivity contribution in [3.63, 3.8) is 0 Å². The second kappa shape index (κ2) is 6.61. The fraction of sp³-hybridized carbons (Fsp3) is 0.636. The lowest BCUT2D eigenvalue weighted by molar-refractivity contribution is 0.0664. The average molecular weight is 260 g/mol. The van der Waals surface area contributed by atoms with E-state index in [0.29, 0.717) is 11.6 Å². The molecule has 2 rings (SSSR count). The summed E-state index contributed by atoms with van der Waals surface area (Å²) in [5.74, 6) is 0.532. The molecule has 1 unspecified atom stereocenters. The number of amides is 1. The molecule has 1 aliphatic rings. The fourth-order valence-electron chi connectivity index (χ4n) is 2.19. The number of hydrogen-bond acceptors (Lipinski definition) is 4. The third-order valence-electron chi connectivity index (χ3n) is 2.96. The molecule has 0 radical (unpaired) electrons. The van der Waals surface area contributed by atoms with Gasteiger partial charge in [0.1, 0.15) is 6.26 Å². The van der Waals surface area contributed by atoms with Gasteiger partial charge in [0.25, 0.3) is 5.91 Å². The zero-order chi connectivity index (χ0) is 11.4. The highest BCUT2D eigenvalue weighted by Gasteiger charge is 2.25. The molecule has 1 atom stereocenters. The van der Waals surface area contributed by atoms with Crippen molar-refractivity contribution < 1.29 is 9.32 Å². The van der Waals surface area contributed by atoms with Crippen molar-refractivity contribution in [2.24, 2.45) is 5.92 Å². The molecule has 2 heterocycles. The average Bonchev–Trinajstić information content (AvgIpc) is 2.82. The molecule has 1 amide bonds. The lowest BCUT2D eigenvalue weighted by atomic mass is 9.98. The molecule has 1 aliphatic heterocycles. The zero-order valence-corrected chi connectivity index (χ0v) is 10.7. The van der Waals surface area contributed by atoms with Crippen LogP contribution in [0.5, 0.6) is 0 Å². The lowest BCUT2D eigenvalue weighted by Crippen LogP contribution is -2.42. The Labute approximate surface area is 107 Å². The largest absolute Gasteiger partial charge is 0.364 e. The molecule has 96 valence electrons. The van der Waals surface area contributed by atoms with E-state index in [4.69, 9.17) is 4.52 Å². The number of likely N-dealkylation sites (tertiary alicyclic amines) is 1. The summed E-state index contributed by atoms with van der Waals surface area (Å²) in [5.41, 5.74) is 0.408. The standard InChI is InChI=1S/C11H17N3O2.ClH/c1-12-7-9-3-2-5-14(8-9)11(15)10-4-6-16-13-10;/h4,6,9,12H,2-3,5,7-8H2,1H3;1H. The summed E-state index contributed by atoms with van der Waals surface area (Å²) in [6, 6.07) is 1.62. The summed E-state index contributed by atoms with van der Waals surface area (Å²) in [6.45, 7) is 2.60.